The van der Waals surface area contributed by atoms with Gasteiger partial charge in [-0.1, -0.05) is 0 Å². The third-order valence-corrected chi connectivity index (χ3v) is 1.64. The highest BCUT2D eigenvalue weighted by Gasteiger charge is 2.45. The average molecular weight is 138 g/mol. The van der Waals surface area contributed by atoms with Gasteiger partial charge in [-0.2, -0.15) is 0 Å². The van der Waals surface area contributed by atoms with E-state index in [-0.39, 0.29) is 17.2 Å². The van der Waals surface area contributed by atoms with Crippen LogP contribution in [0.25, 0.3) is 0 Å². The molecule has 0 aromatic heterocycles. The quantitative estimate of drug-likeness (QED) is 0.459. The zero-order valence-electron chi connectivity index (χ0n) is 4.71. The lowest BCUT2D eigenvalue weighted by atomic mass is 10.2. The van der Waals surface area contributed by atoms with Crippen molar-refractivity contribution in [3.05, 3.63) is 0 Å². The summed E-state index contributed by atoms with van der Waals surface area (Å²) in [5.74, 6) is 1.28. The molecule has 0 atom stereocenters. The number of phenols is 2. The third kappa shape index (κ3) is 0.233. The Bertz CT molecular complexity index is 352. The lowest BCUT2D eigenvalue weighted by Gasteiger charge is -2.16. The largest absolute Gasteiger partial charge is 0.501 e. The van der Waals surface area contributed by atoms with E-state index < -0.39 is 0 Å². The van der Waals surface area contributed by atoms with E-state index in [1.165, 1.54) is 0 Å². The molecule has 4 nitrogen and oxygen atoms in total. The van der Waals surface area contributed by atoms with Crippen molar-refractivity contribution in [2.45, 2.75) is 0 Å². The Morgan fingerprint density at radius 1 is 0.700 bits per heavy atom. The zero-order valence-corrected chi connectivity index (χ0v) is 4.71. The molecule has 0 saturated carbocycles. The van der Waals surface area contributed by atoms with Gasteiger partial charge in [-0.15, -0.1) is 0 Å². The van der Waals surface area contributed by atoms with Crippen LogP contribution in [-0.2, 0) is 0 Å². The highest BCUT2D eigenvalue weighted by molar-refractivity contribution is 5.85. The molecule has 1 aromatic carbocycles. The lowest BCUT2D eigenvalue weighted by molar-refractivity contribution is 0.316. The van der Waals surface area contributed by atoms with Gasteiger partial charge in [0.25, 0.3) is 0 Å². The Morgan fingerprint density at radius 3 is 1.70 bits per heavy atom. The Labute approximate surface area is 55.2 Å². The van der Waals surface area contributed by atoms with Gasteiger partial charge in [-0.3, -0.25) is 0 Å². The summed E-state index contributed by atoms with van der Waals surface area (Å²) in [6, 6.07) is 0. The molecule has 0 saturated heterocycles. The summed E-state index contributed by atoms with van der Waals surface area (Å²) in [7, 11) is 0. The molecule has 4 rings (SSSR count). The summed E-state index contributed by atoms with van der Waals surface area (Å²) in [6.45, 7) is 0. The van der Waals surface area contributed by atoms with E-state index in [1.807, 2.05) is 0 Å². The van der Waals surface area contributed by atoms with Crippen molar-refractivity contribution in [2.24, 2.45) is 0 Å². The van der Waals surface area contributed by atoms with Crippen molar-refractivity contribution >= 4 is 0 Å². The molecule has 0 spiro atoms. The molecule has 2 bridgehead atoms. The monoisotopic (exact) mass is 138 g/mol. The highest BCUT2D eigenvalue weighted by Crippen LogP contribution is 2.73. The average Bonchev–Trinajstić information content (AvgIpc) is 2.64. The molecule has 0 amide bonds. The van der Waals surface area contributed by atoms with Crippen LogP contribution in [0.4, 0.5) is 0 Å². The lowest BCUT2D eigenvalue weighted by Crippen LogP contribution is -1.93. The number of benzene rings is 1. The van der Waals surface area contributed by atoms with Crippen molar-refractivity contribution in [1.82, 2.24) is 0 Å². The molecule has 0 fully saturated rings. The van der Waals surface area contributed by atoms with Crippen molar-refractivity contribution in [3.8, 4) is 34.5 Å². The van der Waals surface area contributed by atoms with E-state index in [2.05, 4.69) is 0 Å². The van der Waals surface area contributed by atoms with Crippen LogP contribution < -0.4 is 9.47 Å². The standard InChI is InChI=1S/C6H2O4/c7-1-3-2(8)5-6(10-5)4(1)9-3/h7-8H. The maximum absolute atomic E-state index is 9.07. The molecule has 10 heavy (non-hydrogen) atoms. The number of ether oxygens (including phenoxy) is 2. The van der Waals surface area contributed by atoms with E-state index in [0.29, 0.717) is 17.2 Å². The summed E-state index contributed by atoms with van der Waals surface area (Å²) in [5.41, 5.74) is 0. The minimum Gasteiger partial charge on any atom is -0.501 e. The minimum absolute atomic E-state index is 0.00579. The molecule has 4 heteroatoms. The highest BCUT2D eigenvalue weighted by atomic mass is 16.6. The zero-order chi connectivity index (χ0) is 6.88. The first-order valence-electron chi connectivity index (χ1n) is 2.76. The molecule has 0 aliphatic carbocycles. The van der Waals surface area contributed by atoms with E-state index in [0.717, 1.165) is 0 Å². The van der Waals surface area contributed by atoms with Crippen molar-refractivity contribution in [2.75, 3.05) is 0 Å². The van der Waals surface area contributed by atoms with Gasteiger partial charge in [0.1, 0.15) is 0 Å². The SMILES string of the molecule is Oc1c2c(O)c3c(c1O2)O3. The van der Waals surface area contributed by atoms with Crippen molar-refractivity contribution in [1.29, 1.82) is 0 Å². The Morgan fingerprint density at radius 2 is 1.20 bits per heavy atom. The van der Waals surface area contributed by atoms with E-state index >= 15 is 0 Å². The van der Waals surface area contributed by atoms with Gasteiger partial charge in [0.05, 0.1) is 0 Å². The fraction of sp³-hybridized carbons (Fsp3) is 0. The first kappa shape index (κ1) is 4.27. The molecule has 3 heterocycles. The second-order valence-corrected chi connectivity index (χ2v) is 2.22. The number of aromatic hydroxyl groups is 2. The Kier molecular flexibility index (Phi) is 0.385. The van der Waals surface area contributed by atoms with Crippen LogP contribution in [0.3, 0.4) is 0 Å². The van der Waals surface area contributed by atoms with Gasteiger partial charge in [0, 0.05) is 0 Å². The summed E-state index contributed by atoms with van der Waals surface area (Å²) in [6.07, 6.45) is 0. The Hall–Kier alpha value is -1.58. The smallest absolute Gasteiger partial charge is 0.220 e. The molecule has 0 radical (unpaired) electrons. The Balaban J connectivity index is 2.50. The van der Waals surface area contributed by atoms with E-state index in [4.69, 9.17) is 19.7 Å². The maximum atomic E-state index is 9.07. The van der Waals surface area contributed by atoms with Crippen LogP contribution in [0.5, 0.6) is 34.5 Å². The second kappa shape index (κ2) is 0.901. The van der Waals surface area contributed by atoms with Gasteiger partial charge in [0.15, 0.2) is 0 Å². The number of hydrogen-bond donors (Lipinski definition) is 2. The third-order valence-electron chi connectivity index (χ3n) is 1.64. The van der Waals surface area contributed by atoms with E-state index in [9.17, 15) is 0 Å². The normalized spacial score (nSPS) is 14.4. The first-order valence-corrected chi connectivity index (χ1v) is 2.76. The van der Waals surface area contributed by atoms with Crippen LogP contribution in [-0.4, -0.2) is 10.2 Å². The number of hydrogen-bond acceptors (Lipinski definition) is 4. The first-order chi connectivity index (χ1) is 4.79. The molecule has 0 unspecified atom stereocenters. The molecule has 1 aromatic rings. The summed E-state index contributed by atoms with van der Waals surface area (Å²) in [5, 5.41) is 18.1. The topological polar surface area (TPSA) is 62.2 Å². The van der Waals surface area contributed by atoms with Crippen LogP contribution in [0, 0.1) is 0 Å². The van der Waals surface area contributed by atoms with Gasteiger partial charge < -0.3 is 19.7 Å². The van der Waals surface area contributed by atoms with Crippen LogP contribution in [0.1, 0.15) is 0 Å². The predicted octanol–water partition coefficient (Wildman–Crippen LogP) is 1.31. The molecule has 50 valence electrons. The molecular formula is C6H2O4. The van der Waals surface area contributed by atoms with Crippen LogP contribution in [0.2, 0.25) is 0 Å². The van der Waals surface area contributed by atoms with Gasteiger partial charge in [0.2, 0.25) is 34.5 Å². The van der Waals surface area contributed by atoms with Crippen molar-refractivity contribution in [3.63, 3.8) is 0 Å². The van der Waals surface area contributed by atoms with Gasteiger partial charge >= 0.3 is 0 Å². The van der Waals surface area contributed by atoms with Crippen molar-refractivity contribution < 1.29 is 19.7 Å². The molecule has 2 N–H and O–H groups in total. The fourth-order valence-electron chi connectivity index (χ4n) is 1.05. The fourth-order valence-corrected chi connectivity index (χ4v) is 1.05. The summed E-state index contributed by atoms with van der Waals surface area (Å²) < 4.78 is 9.63. The van der Waals surface area contributed by atoms with Crippen LogP contribution in [0.15, 0.2) is 0 Å². The van der Waals surface area contributed by atoms with E-state index in [1.54, 1.807) is 0 Å². The molecule has 3 aliphatic heterocycles. The van der Waals surface area contributed by atoms with Gasteiger partial charge in [-0.25, -0.2) is 0 Å². The second-order valence-electron chi connectivity index (χ2n) is 2.22. The minimum atomic E-state index is -0.0949. The molecule has 3 aliphatic rings. The number of phenolic OH excluding ortho intramolecular Hbond substituents is 2. The predicted molar refractivity (Wildman–Crippen MR) is 29.9 cm³/mol. The van der Waals surface area contributed by atoms with Crippen LogP contribution >= 0.6 is 0 Å². The number of rotatable bonds is 0. The maximum Gasteiger partial charge on any atom is 0.220 e. The summed E-state index contributed by atoms with van der Waals surface area (Å²) >= 11 is 0. The van der Waals surface area contributed by atoms with Gasteiger partial charge in [-0.05, 0) is 0 Å². The molecular weight excluding hydrogens is 136 g/mol. The summed E-state index contributed by atoms with van der Waals surface area (Å²) in [4.78, 5) is 0.